The second-order valence-electron chi connectivity index (χ2n) is 5.87. The van der Waals surface area contributed by atoms with E-state index in [1.54, 1.807) is 20.3 Å². The van der Waals surface area contributed by atoms with Gasteiger partial charge >= 0.3 is 0 Å². The molecule has 0 fully saturated rings. The van der Waals surface area contributed by atoms with Gasteiger partial charge in [0.15, 0.2) is 0 Å². The molecule has 0 saturated carbocycles. The Kier molecular flexibility index (Phi) is 4.60. The number of carbonyl (C=O) groups excluding carboxylic acids is 1. The summed E-state index contributed by atoms with van der Waals surface area (Å²) < 4.78 is 10.5. The van der Waals surface area contributed by atoms with Gasteiger partial charge in [0.2, 0.25) is 5.91 Å². The van der Waals surface area contributed by atoms with E-state index in [1.807, 2.05) is 35.2 Å². The van der Waals surface area contributed by atoms with Crippen LogP contribution in [0.15, 0.2) is 42.5 Å². The molecule has 1 aliphatic heterocycles. The summed E-state index contributed by atoms with van der Waals surface area (Å²) >= 11 is 0. The fourth-order valence-corrected chi connectivity index (χ4v) is 3.15. The number of para-hydroxylation sites is 1. The highest BCUT2D eigenvalue weighted by atomic mass is 16.5. The lowest BCUT2D eigenvalue weighted by Gasteiger charge is -2.23. The van der Waals surface area contributed by atoms with Gasteiger partial charge in [0.05, 0.1) is 26.5 Å². The number of benzene rings is 2. The van der Waals surface area contributed by atoms with Crippen LogP contribution in [0, 0.1) is 0 Å². The number of anilines is 2. The number of methoxy groups -OCH3 is 2. The smallest absolute Gasteiger partial charge is 0.246 e. The molecule has 1 atom stereocenters. The highest BCUT2D eigenvalue weighted by molar-refractivity contribution is 5.98. The van der Waals surface area contributed by atoms with E-state index in [1.165, 1.54) is 5.56 Å². The Hall–Kier alpha value is -2.69. The molecule has 1 amide bonds. The van der Waals surface area contributed by atoms with E-state index in [-0.39, 0.29) is 18.5 Å². The Morgan fingerprint density at radius 1 is 1.21 bits per heavy atom. The molecule has 2 aromatic carbocycles. The van der Waals surface area contributed by atoms with Crippen LogP contribution in [0.4, 0.5) is 11.4 Å². The molecule has 5 nitrogen and oxygen atoms in total. The van der Waals surface area contributed by atoms with Crippen LogP contribution >= 0.6 is 0 Å². The molecule has 1 N–H and O–H groups in total. The zero-order chi connectivity index (χ0) is 17.1. The van der Waals surface area contributed by atoms with Gasteiger partial charge in [0.25, 0.3) is 0 Å². The van der Waals surface area contributed by atoms with Gasteiger partial charge in [-0.15, -0.1) is 0 Å². The Morgan fingerprint density at radius 3 is 2.75 bits per heavy atom. The van der Waals surface area contributed by atoms with Crippen LogP contribution < -0.4 is 19.7 Å². The lowest BCUT2D eigenvalue weighted by molar-refractivity contribution is -0.117. The molecule has 1 unspecified atom stereocenters. The van der Waals surface area contributed by atoms with Crippen molar-refractivity contribution in [1.82, 2.24) is 0 Å². The van der Waals surface area contributed by atoms with Crippen LogP contribution in [0.5, 0.6) is 11.5 Å². The summed E-state index contributed by atoms with van der Waals surface area (Å²) in [5.74, 6) is 1.41. The van der Waals surface area contributed by atoms with Gasteiger partial charge in [0, 0.05) is 17.8 Å². The molecule has 0 aromatic heterocycles. The van der Waals surface area contributed by atoms with Crippen LogP contribution in [0.3, 0.4) is 0 Å². The van der Waals surface area contributed by atoms with Crippen molar-refractivity contribution in [1.29, 1.82) is 0 Å². The first-order valence-electron chi connectivity index (χ1n) is 8.00. The summed E-state index contributed by atoms with van der Waals surface area (Å²) in [6.45, 7) is 2.28. The highest BCUT2D eigenvalue weighted by Crippen LogP contribution is 2.32. The van der Waals surface area contributed by atoms with Gasteiger partial charge < -0.3 is 19.7 Å². The fourth-order valence-electron chi connectivity index (χ4n) is 3.15. The first kappa shape index (κ1) is 16.2. The Morgan fingerprint density at radius 2 is 2.00 bits per heavy atom. The Bertz CT molecular complexity index is 745. The molecule has 24 heavy (non-hydrogen) atoms. The van der Waals surface area contributed by atoms with Crippen molar-refractivity contribution in [2.45, 2.75) is 19.4 Å². The normalized spacial score (nSPS) is 15.8. The number of rotatable bonds is 5. The van der Waals surface area contributed by atoms with Crippen LogP contribution in [0.25, 0.3) is 0 Å². The van der Waals surface area contributed by atoms with Crippen LogP contribution in [0.1, 0.15) is 12.5 Å². The lowest BCUT2D eigenvalue weighted by Crippen LogP contribution is -2.39. The predicted octanol–water partition coefficient (Wildman–Crippen LogP) is 3.09. The number of fused-ring (bicyclic) bond motifs is 1. The standard InChI is InChI=1S/C19H22N2O3/c1-13-10-14-6-4-5-7-17(14)21(13)19(22)12-20-16-9-8-15(23-2)11-18(16)24-3/h4-9,11,13,20H,10,12H2,1-3H3. The third kappa shape index (κ3) is 3.02. The molecule has 0 aliphatic carbocycles. The molecule has 5 heteroatoms. The number of nitrogens with zero attached hydrogens (tertiary/aromatic N) is 1. The SMILES string of the molecule is COc1ccc(NCC(=O)N2c3ccccc3CC2C)c(OC)c1. The van der Waals surface area contributed by atoms with Gasteiger partial charge in [0.1, 0.15) is 11.5 Å². The van der Waals surface area contributed by atoms with Gasteiger partial charge in [-0.1, -0.05) is 18.2 Å². The summed E-state index contributed by atoms with van der Waals surface area (Å²) in [5.41, 5.74) is 3.01. The fraction of sp³-hybridized carbons (Fsp3) is 0.316. The highest BCUT2D eigenvalue weighted by Gasteiger charge is 2.30. The lowest BCUT2D eigenvalue weighted by atomic mass is 10.1. The second kappa shape index (κ2) is 6.83. The van der Waals surface area contributed by atoms with Crippen molar-refractivity contribution in [3.05, 3.63) is 48.0 Å². The van der Waals surface area contributed by atoms with E-state index in [0.717, 1.165) is 17.8 Å². The number of carbonyl (C=O) groups is 1. The molecule has 1 heterocycles. The zero-order valence-electron chi connectivity index (χ0n) is 14.2. The third-order valence-corrected chi connectivity index (χ3v) is 4.31. The van der Waals surface area contributed by atoms with Crippen molar-refractivity contribution in [2.75, 3.05) is 31.0 Å². The number of nitrogens with one attached hydrogen (secondary N) is 1. The summed E-state index contributed by atoms with van der Waals surface area (Å²) in [6.07, 6.45) is 0.897. The zero-order valence-corrected chi connectivity index (χ0v) is 14.2. The van der Waals surface area contributed by atoms with E-state index in [4.69, 9.17) is 9.47 Å². The van der Waals surface area contributed by atoms with E-state index >= 15 is 0 Å². The van der Waals surface area contributed by atoms with E-state index in [2.05, 4.69) is 18.3 Å². The minimum atomic E-state index is 0.0466. The minimum absolute atomic E-state index is 0.0466. The average molecular weight is 326 g/mol. The molecule has 0 bridgehead atoms. The molecule has 1 aliphatic rings. The number of hydrogen-bond donors (Lipinski definition) is 1. The largest absolute Gasteiger partial charge is 0.497 e. The van der Waals surface area contributed by atoms with Crippen LogP contribution in [0.2, 0.25) is 0 Å². The van der Waals surface area contributed by atoms with Crippen molar-refractivity contribution < 1.29 is 14.3 Å². The summed E-state index contributed by atoms with van der Waals surface area (Å²) in [4.78, 5) is 14.6. The molecule has 0 spiro atoms. The second-order valence-corrected chi connectivity index (χ2v) is 5.87. The van der Waals surface area contributed by atoms with Crippen LogP contribution in [-0.4, -0.2) is 32.7 Å². The molecule has 0 radical (unpaired) electrons. The summed E-state index contributed by atoms with van der Waals surface area (Å²) in [7, 11) is 3.21. The van der Waals surface area contributed by atoms with Crippen LogP contribution in [-0.2, 0) is 11.2 Å². The quantitative estimate of drug-likeness (QED) is 0.917. The molecule has 2 aromatic rings. The first-order valence-corrected chi connectivity index (χ1v) is 8.00. The van der Waals surface area contributed by atoms with E-state index < -0.39 is 0 Å². The maximum absolute atomic E-state index is 12.7. The summed E-state index contributed by atoms with van der Waals surface area (Å²) in [5, 5.41) is 3.17. The molecule has 3 rings (SSSR count). The van der Waals surface area contributed by atoms with Gasteiger partial charge in [-0.05, 0) is 37.1 Å². The predicted molar refractivity (Wildman–Crippen MR) is 95.1 cm³/mol. The monoisotopic (exact) mass is 326 g/mol. The maximum Gasteiger partial charge on any atom is 0.246 e. The molecular weight excluding hydrogens is 304 g/mol. The summed E-state index contributed by atoms with van der Waals surface area (Å²) in [6, 6.07) is 13.7. The van der Waals surface area contributed by atoms with Crippen molar-refractivity contribution >= 4 is 17.3 Å². The molecular formula is C19H22N2O3. The topological polar surface area (TPSA) is 50.8 Å². The van der Waals surface area contributed by atoms with Crippen molar-refractivity contribution in [3.8, 4) is 11.5 Å². The first-order chi connectivity index (χ1) is 11.6. The average Bonchev–Trinajstić information content (AvgIpc) is 2.95. The Labute approximate surface area is 142 Å². The minimum Gasteiger partial charge on any atom is -0.497 e. The number of ether oxygens (including phenoxy) is 2. The molecule has 0 saturated heterocycles. The van der Waals surface area contributed by atoms with E-state index in [0.29, 0.717) is 11.5 Å². The molecule has 126 valence electrons. The van der Waals surface area contributed by atoms with Gasteiger partial charge in [-0.2, -0.15) is 0 Å². The third-order valence-electron chi connectivity index (χ3n) is 4.31. The van der Waals surface area contributed by atoms with Gasteiger partial charge in [-0.3, -0.25) is 4.79 Å². The maximum atomic E-state index is 12.7. The number of hydrogen-bond acceptors (Lipinski definition) is 4. The van der Waals surface area contributed by atoms with Crippen molar-refractivity contribution in [3.63, 3.8) is 0 Å². The Balaban J connectivity index is 1.72. The van der Waals surface area contributed by atoms with Gasteiger partial charge in [-0.25, -0.2) is 0 Å². The van der Waals surface area contributed by atoms with E-state index in [9.17, 15) is 4.79 Å². The number of amides is 1. The van der Waals surface area contributed by atoms with Crippen molar-refractivity contribution in [2.24, 2.45) is 0 Å².